The lowest BCUT2D eigenvalue weighted by Crippen LogP contribution is -2.11. The molecule has 0 bridgehead atoms. The molecule has 0 atom stereocenters. The first-order chi connectivity index (χ1) is 5.77. The van der Waals surface area contributed by atoms with Crippen molar-refractivity contribution < 1.29 is 17.2 Å². The maximum atomic E-state index is 10.1. The number of rotatable bonds is 5. The largest absolute Gasteiger partial charge is 0.397 e. The molecule has 0 fully saturated rings. The fraction of sp³-hybridized carbons (Fsp3) is 0.857. The minimum atomic E-state index is -4.33. The van der Waals surface area contributed by atoms with Gasteiger partial charge in [0.25, 0.3) is 0 Å². The quantitative estimate of drug-likeness (QED) is 0.539. The number of nitriles is 1. The van der Waals surface area contributed by atoms with Gasteiger partial charge in [-0.3, -0.25) is 4.55 Å². The first-order valence-corrected chi connectivity index (χ1v) is 5.16. The molecular weight excluding hydrogens is 194 g/mol. The predicted molar refractivity (Wildman–Crippen MR) is 46.1 cm³/mol. The third-order valence-corrected chi connectivity index (χ3v) is 1.95. The van der Waals surface area contributed by atoms with Crippen LogP contribution in [0.3, 0.4) is 0 Å². The van der Waals surface area contributed by atoms with Crippen molar-refractivity contribution >= 4 is 10.4 Å². The zero-order valence-corrected chi connectivity index (χ0v) is 8.47. The summed E-state index contributed by atoms with van der Waals surface area (Å²) in [5.74, 6) is 0. The highest BCUT2D eigenvalue weighted by Crippen LogP contribution is 2.20. The van der Waals surface area contributed by atoms with Crippen LogP contribution in [0.1, 0.15) is 26.7 Å². The highest BCUT2D eigenvalue weighted by atomic mass is 32.3. The summed E-state index contributed by atoms with van der Waals surface area (Å²) in [7, 11) is -4.33. The molecule has 5 nitrogen and oxygen atoms in total. The molecule has 0 saturated carbocycles. The molecule has 0 aromatic rings. The Labute approximate surface area is 78.3 Å². The molecule has 0 radical (unpaired) electrons. The SMILES string of the molecule is CC(C)(C#N)CCCOS(=O)(=O)O. The monoisotopic (exact) mass is 207 g/mol. The van der Waals surface area contributed by atoms with E-state index in [0.717, 1.165) is 0 Å². The van der Waals surface area contributed by atoms with Gasteiger partial charge in [0, 0.05) is 0 Å². The van der Waals surface area contributed by atoms with E-state index in [2.05, 4.69) is 10.3 Å². The second kappa shape index (κ2) is 4.56. The van der Waals surface area contributed by atoms with Crippen LogP contribution in [-0.4, -0.2) is 19.6 Å². The van der Waals surface area contributed by atoms with E-state index in [9.17, 15) is 8.42 Å². The van der Waals surface area contributed by atoms with Gasteiger partial charge in [-0.1, -0.05) is 0 Å². The molecule has 0 spiro atoms. The molecule has 1 N–H and O–H groups in total. The van der Waals surface area contributed by atoms with Crippen molar-refractivity contribution in [2.45, 2.75) is 26.7 Å². The molecule has 76 valence electrons. The van der Waals surface area contributed by atoms with Crippen LogP contribution in [0.4, 0.5) is 0 Å². The lowest BCUT2D eigenvalue weighted by Gasteiger charge is -2.13. The minimum absolute atomic E-state index is 0.0933. The molecule has 13 heavy (non-hydrogen) atoms. The average Bonchev–Trinajstić information content (AvgIpc) is 1.97. The Balaban J connectivity index is 3.66. The second-order valence-electron chi connectivity index (χ2n) is 3.35. The maximum absolute atomic E-state index is 10.1. The van der Waals surface area contributed by atoms with Crippen LogP contribution in [0.2, 0.25) is 0 Å². The normalized spacial score (nSPS) is 12.5. The molecular formula is C7H13NO4S. The Morgan fingerprint density at radius 2 is 2.08 bits per heavy atom. The van der Waals surface area contributed by atoms with Gasteiger partial charge in [0.05, 0.1) is 18.1 Å². The second-order valence-corrected chi connectivity index (χ2v) is 4.44. The summed E-state index contributed by atoms with van der Waals surface area (Å²) in [6.07, 6.45) is 0.944. The Morgan fingerprint density at radius 3 is 2.46 bits per heavy atom. The van der Waals surface area contributed by atoms with Crippen LogP contribution in [0.25, 0.3) is 0 Å². The topological polar surface area (TPSA) is 87.4 Å². The summed E-state index contributed by atoms with van der Waals surface area (Å²) < 4.78 is 32.5. The summed E-state index contributed by atoms with van der Waals surface area (Å²) >= 11 is 0. The number of hydrogen-bond acceptors (Lipinski definition) is 4. The summed E-state index contributed by atoms with van der Waals surface area (Å²) in [5.41, 5.74) is -0.484. The number of nitrogens with zero attached hydrogens (tertiary/aromatic N) is 1. The number of hydrogen-bond donors (Lipinski definition) is 1. The van der Waals surface area contributed by atoms with Gasteiger partial charge in [-0.15, -0.1) is 0 Å². The highest BCUT2D eigenvalue weighted by molar-refractivity contribution is 7.80. The zero-order chi connectivity index (χ0) is 10.5. The van der Waals surface area contributed by atoms with Gasteiger partial charge in [-0.25, -0.2) is 4.18 Å². The van der Waals surface area contributed by atoms with Crippen molar-refractivity contribution in [3.8, 4) is 6.07 Å². The molecule has 0 amide bonds. The van der Waals surface area contributed by atoms with Crippen LogP contribution < -0.4 is 0 Å². The van der Waals surface area contributed by atoms with E-state index >= 15 is 0 Å². The predicted octanol–water partition coefficient (Wildman–Crippen LogP) is 1.14. The Bertz CT molecular complexity index is 288. The van der Waals surface area contributed by atoms with Gasteiger partial charge < -0.3 is 0 Å². The lowest BCUT2D eigenvalue weighted by atomic mass is 9.90. The van der Waals surface area contributed by atoms with Gasteiger partial charge >= 0.3 is 10.4 Å². The van der Waals surface area contributed by atoms with Crippen LogP contribution in [0.5, 0.6) is 0 Å². The third kappa shape index (κ3) is 7.71. The van der Waals surface area contributed by atoms with E-state index < -0.39 is 15.8 Å². The van der Waals surface area contributed by atoms with Crippen LogP contribution in [0, 0.1) is 16.7 Å². The van der Waals surface area contributed by atoms with E-state index in [-0.39, 0.29) is 6.61 Å². The molecule has 6 heteroatoms. The van der Waals surface area contributed by atoms with Gasteiger partial charge in [0.2, 0.25) is 0 Å². The zero-order valence-electron chi connectivity index (χ0n) is 7.65. The van der Waals surface area contributed by atoms with E-state index in [4.69, 9.17) is 9.81 Å². The Kier molecular flexibility index (Phi) is 4.33. The van der Waals surface area contributed by atoms with Crippen molar-refractivity contribution in [2.24, 2.45) is 5.41 Å². The smallest absolute Gasteiger partial charge is 0.264 e. The van der Waals surface area contributed by atoms with Crippen LogP contribution >= 0.6 is 0 Å². The van der Waals surface area contributed by atoms with E-state index in [1.165, 1.54) is 0 Å². The molecule has 0 unspecified atom stereocenters. The molecule has 0 saturated heterocycles. The molecule has 0 heterocycles. The minimum Gasteiger partial charge on any atom is -0.264 e. The van der Waals surface area contributed by atoms with Gasteiger partial charge in [-0.2, -0.15) is 13.7 Å². The fourth-order valence-electron chi connectivity index (χ4n) is 0.734. The Morgan fingerprint density at radius 1 is 1.54 bits per heavy atom. The van der Waals surface area contributed by atoms with Crippen LogP contribution in [0.15, 0.2) is 0 Å². The van der Waals surface area contributed by atoms with E-state index in [1.807, 2.05) is 0 Å². The molecule has 0 aliphatic rings. The maximum Gasteiger partial charge on any atom is 0.397 e. The third-order valence-electron chi connectivity index (χ3n) is 1.48. The van der Waals surface area contributed by atoms with Crippen molar-refractivity contribution in [3.05, 3.63) is 0 Å². The van der Waals surface area contributed by atoms with Crippen molar-refractivity contribution in [3.63, 3.8) is 0 Å². The average molecular weight is 207 g/mol. The summed E-state index contributed by atoms with van der Waals surface area (Å²) in [5, 5.41) is 8.59. The molecule has 0 aromatic carbocycles. The standard InChI is InChI=1S/C7H13NO4S/c1-7(2,6-8)4-3-5-12-13(9,10)11/h3-5H2,1-2H3,(H,9,10,11). The summed E-state index contributed by atoms with van der Waals surface area (Å²) in [6, 6.07) is 2.07. The van der Waals surface area contributed by atoms with E-state index in [0.29, 0.717) is 12.8 Å². The van der Waals surface area contributed by atoms with Crippen molar-refractivity contribution in [2.75, 3.05) is 6.61 Å². The molecule has 0 aliphatic heterocycles. The van der Waals surface area contributed by atoms with Gasteiger partial charge in [-0.05, 0) is 26.7 Å². The van der Waals surface area contributed by atoms with Gasteiger partial charge in [0.15, 0.2) is 0 Å². The lowest BCUT2D eigenvalue weighted by molar-refractivity contribution is 0.250. The molecule has 0 rings (SSSR count). The van der Waals surface area contributed by atoms with Gasteiger partial charge in [0.1, 0.15) is 0 Å². The first kappa shape index (κ1) is 12.4. The van der Waals surface area contributed by atoms with E-state index in [1.54, 1.807) is 13.8 Å². The van der Waals surface area contributed by atoms with Crippen molar-refractivity contribution in [1.82, 2.24) is 0 Å². The molecule has 0 aromatic heterocycles. The summed E-state index contributed by atoms with van der Waals surface area (Å²) in [6.45, 7) is 3.41. The first-order valence-electron chi connectivity index (χ1n) is 3.80. The summed E-state index contributed by atoms with van der Waals surface area (Å²) in [4.78, 5) is 0. The van der Waals surface area contributed by atoms with Crippen molar-refractivity contribution in [1.29, 1.82) is 5.26 Å². The highest BCUT2D eigenvalue weighted by Gasteiger charge is 2.16. The fourth-order valence-corrected chi connectivity index (χ4v) is 1.06. The Hall–Kier alpha value is -0.640. The van der Waals surface area contributed by atoms with Crippen LogP contribution in [-0.2, 0) is 14.6 Å². The molecule has 0 aliphatic carbocycles.